The van der Waals surface area contributed by atoms with Gasteiger partial charge in [0.25, 0.3) is 10.0 Å². The Morgan fingerprint density at radius 2 is 1.72 bits per heavy atom. The molecule has 2 heterocycles. The van der Waals surface area contributed by atoms with Gasteiger partial charge in [0, 0.05) is 24.7 Å². The third-order valence-electron chi connectivity index (χ3n) is 4.82. The van der Waals surface area contributed by atoms with E-state index in [4.69, 9.17) is 5.73 Å². The van der Waals surface area contributed by atoms with Crippen LogP contribution in [0, 0.1) is 0 Å². The van der Waals surface area contributed by atoms with Crippen LogP contribution in [-0.2, 0) is 10.0 Å². The van der Waals surface area contributed by atoms with Gasteiger partial charge in [0.1, 0.15) is 10.7 Å². The molecule has 0 spiro atoms. The van der Waals surface area contributed by atoms with Crippen molar-refractivity contribution in [2.24, 2.45) is 10.1 Å². The van der Waals surface area contributed by atoms with Gasteiger partial charge in [-0.15, -0.1) is 16.8 Å². The van der Waals surface area contributed by atoms with Gasteiger partial charge in [-0.05, 0) is 36.8 Å². The number of hydrogen-bond donors (Lipinski definition) is 1. The van der Waals surface area contributed by atoms with E-state index in [1.807, 2.05) is 36.1 Å². The second-order valence-corrected chi connectivity index (χ2v) is 8.49. The smallest absolute Gasteiger partial charge is 0.285 e. The van der Waals surface area contributed by atoms with Crippen molar-refractivity contribution in [3.63, 3.8) is 0 Å². The topological polar surface area (TPSA) is 75.8 Å². The monoisotopic (exact) mass is 383 g/mol. The number of hydrogen-bond acceptors (Lipinski definition) is 4. The highest BCUT2D eigenvalue weighted by atomic mass is 35.5. The minimum atomic E-state index is -3.64. The lowest BCUT2D eigenvalue weighted by molar-refractivity contribution is 0.314. The number of sulfonamides is 1. The van der Waals surface area contributed by atoms with Gasteiger partial charge in [-0.2, -0.15) is 8.42 Å². The van der Waals surface area contributed by atoms with Crippen molar-refractivity contribution in [3.8, 4) is 0 Å². The summed E-state index contributed by atoms with van der Waals surface area (Å²) in [5.74, 6) is 1.00. The first-order chi connectivity index (χ1) is 11.3. The van der Waals surface area contributed by atoms with Gasteiger partial charge in [0.05, 0.1) is 0 Å². The Bertz CT molecular complexity index is 790. The quantitative estimate of drug-likeness (QED) is 0.851. The van der Waals surface area contributed by atoms with E-state index in [9.17, 15) is 8.42 Å². The van der Waals surface area contributed by atoms with Gasteiger partial charge in [-0.1, -0.05) is 38.1 Å². The zero-order chi connectivity index (χ0) is 17.5. The lowest BCUT2D eigenvalue weighted by atomic mass is 10.0. The number of piperidine rings is 1. The first-order valence-electron chi connectivity index (χ1n) is 8.46. The maximum absolute atomic E-state index is 12.6. The van der Waals surface area contributed by atoms with Crippen LogP contribution in [0.25, 0.3) is 4.91 Å². The van der Waals surface area contributed by atoms with Crippen LogP contribution in [0.15, 0.2) is 34.2 Å². The molecule has 0 aliphatic carbocycles. The summed E-state index contributed by atoms with van der Waals surface area (Å²) in [6.07, 6.45) is 1.73. The van der Waals surface area contributed by atoms with E-state index in [1.165, 1.54) is 5.56 Å². The molecule has 138 valence electrons. The molecule has 0 amide bonds. The van der Waals surface area contributed by atoms with Gasteiger partial charge in [0.2, 0.25) is 0 Å². The molecular formula is C18H26ClN3O2S. The fourth-order valence-corrected chi connectivity index (χ4v) is 4.80. The van der Waals surface area contributed by atoms with Gasteiger partial charge in [-0.25, -0.2) is 0 Å². The molecule has 7 heteroatoms. The molecular weight excluding hydrogens is 358 g/mol. The van der Waals surface area contributed by atoms with Gasteiger partial charge < -0.3 is 10.6 Å². The second kappa shape index (κ2) is 7.48. The standard InChI is InChI=1S/C18H25N3O2S.ClH/c1-12(2)14-4-6-15(7-5-14)17-13(3)18(20-24(17,22)23)21-10-8-16(19)9-11-21;/h4-7,12,16H,8-11,19H2,1-3H3;1H. The maximum Gasteiger partial charge on any atom is 0.285 e. The van der Waals surface area contributed by atoms with Crippen LogP contribution in [0.2, 0.25) is 0 Å². The van der Waals surface area contributed by atoms with Crippen molar-refractivity contribution in [3.05, 3.63) is 41.0 Å². The Morgan fingerprint density at radius 3 is 2.24 bits per heavy atom. The molecule has 1 aromatic carbocycles. The first-order valence-corrected chi connectivity index (χ1v) is 9.90. The summed E-state index contributed by atoms with van der Waals surface area (Å²) in [4.78, 5) is 2.38. The van der Waals surface area contributed by atoms with E-state index in [1.54, 1.807) is 0 Å². The Labute approximate surface area is 156 Å². The molecule has 0 saturated carbocycles. The van der Waals surface area contributed by atoms with E-state index < -0.39 is 10.0 Å². The van der Waals surface area contributed by atoms with Crippen LogP contribution >= 0.6 is 12.4 Å². The molecule has 2 aliphatic rings. The van der Waals surface area contributed by atoms with Crippen molar-refractivity contribution in [2.75, 3.05) is 13.1 Å². The number of nitrogens with zero attached hydrogens (tertiary/aromatic N) is 2. The zero-order valence-electron chi connectivity index (χ0n) is 14.9. The largest absolute Gasteiger partial charge is 0.356 e. The van der Waals surface area contributed by atoms with Crippen molar-refractivity contribution in [1.29, 1.82) is 0 Å². The number of rotatable bonds is 2. The predicted octanol–water partition coefficient (Wildman–Crippen LogP) is 3.13. The number of halogens is 1. The van der Waals surface area contributed by atoms with E-state index >= 15 is 0 Å². The first kappa shape index (κ1) is 19.9. The van der Waals surface area contributed by atoms with Crippen LogP contribution in [0.3, 0.4) is 0 Å². The molecule has 1 fully saturated rings. The Kier molecular flexibility index (Phi) is 5.97. The van der Waals surface area contributed by atoms with Crippen molar-refractivity contribution in [2.45, 2.75) is 45.6 Å². The molecule has 2 aliphatic heterocycles. The molecule has 2 N–H and O–H groups in total. The fraction of sp³-hybridized carbons (Fsp3) is 0.500. The third-order valence-corrected chi connectivity index (χ3v) is 6.29. The van der Waals surface area contributed by atoms with E-state index in [2.05, 4.69) is 18.2 Å². The molecule has 0 aromatic heterocycles. The van der Waals surface area contributed by atoms with Crippen LogP contribution in [0.5, 0.6) is 0 Å². The van der Waals surface area contributed by atoms with Crippen molar-refractivity contribution in [1.82, 2.24) is 4.90 Å². The van der Waals surface area contributed by atoms with Crippen LogP contribution in [-0.4, -0.2) is 38.3 Å². The maximum atomic E-state index is 12.6. The molecule has 5 nitrogen and oxygen atoms in total. The Hall–Kier alpha value is -1.37. The number of nitrogens with two attached hydrogens (primary N) is 1. The Balaban J connectivity index is 0.00000225. The lowest BCUT2D eigenvalue weighted by Gasteiger charge is -2.31. The van der Waals surface area contributed by atoms with Crippen molar-refractivity contribution >= 4 is 33.2 Å². The predicted molar refractivity (Wildman–Crippen MR) is 106 cm³/mol. The van der Waals surface area contributed by atoms with E-state index in [0.717, 1.165) is 31.5 Å². The summed E-state index contributed by atoms with van der Waals surface area (Å²) in [5, 5.41) is 0. The normalized spacial score (nSPS) is 20.7. The van der Waals surface area contributed by atoms with E-state index in [-0.39, 0.29) is 18.4 Å². The minimum absolute atomic E-state index is 0. The summed E-state index contributed by atoms with van der Waals surface area (Å²) < 4.78 is 29.3. The van der Waals surface area contributed by atoms with Crippen LogP contribution in [0.4, 0.5) is 0 Å². The van der Waals surface area contributed by atoms with Gasteiger partial charge in [0.15, 0.2) is 0 Å². The molecule has 0 atom stereocenters. The van der Waals surface area contributed by atoms with Crippen LogP contribution < -0.4 is 5.73 Å². The molecule has 0 radical (unpaired) electrons. The fourth-order valence-electron chi connectivity index (χ4n) is 3.31. The minimum Gasteiger partial charge on any atom is -0.356 e. The van der Waals surface area contributed by atoms with Crippen LogP contribution in [0.1, 0.15) is 50.7 Å². The molecule has 0 unspecified atom stereocenters. The molecule has 0 bridgehead atoms. The molecule has 3 rings (SSSR count). The Morgan fingerprint density at radius 1 is 1.16 bits per heavy atom. The highest BCUT2D eigenvalue weighted by Gasteiger charge is 2.34. The molecule has 1 aromatic rings. The zero-order valence-corrected chi connectivity index (χ0v) is 16.5. The summed E-state index contributed by atoms with van der Waals surface area (Å²) in [5.41, 5.74) is 8.59. The lowest BCUT2D eigenvalue weighted by Crippen LogP contribution is -2.42. The average molecular weight is 384 g/mol. The second-order valence-electron chi connectivity index (χ2n) is 6.95. The van der Waals surface area contributed by atoms with Gasteiger partial charge >= 0.3 is 0 Å². The summed E-state index contributed by atoms with van der Waals surface area (Å²) >= 11 is 0. The SMILES string of the molecule is CC1=C(c2ccc(C(C)C)cc2)S(=O)(=O)N=C1N1CCC(N)CC1.Cl. The third kappa shape index (κ3) is 3.91. The van der Waals surface area contributed by atoms with Crippen molar-refractivity contribution < 1.29 is 8.42 Å². The van der Waals surface area contributed by atoms with Gasteiger partial charge in [-0.3, -0.25) is 0 Å². The molecule has 1 saturated heterocycles. The number of amidine groups is 1. The average Bonchev–Trinajstić information content (AvgIpc) is 2.78. The number of likely N-dealkylation sites (tertiary alicyclic amines) is 1. The molecule has 25 heavy (non-hydrogen) atoms. The summed E-state index contributed by atoms with van der Waals surface area (Å²) in [7, 11) is -3.64. The number of benzene rings is 1. The van der Waals surface area contributed by atoms with E-state index in [0.29, 0.717) is 22.2 Å². The highest BCUT2D eigenvalue weighted by molar-refractivity contribution is 8.00. The highest BCUT2D eigenvalue weighted by Crippen LogP contribution is 2.34. The summed E-state index contributed by atoms with van der Waals surface area (Å²) in [6, 6.07) is 7.96. The summed E-state index contributed by atoms with van der Waals surface area (Å²) in [6.45, 7) is 7.60.